The SMILES string of the molecule is CCCCOc1ccc(CNC2(C)CCS(=O)(=O)C2)cc1.Cl. The first-order chi connectivity index (χ1) is 9.92. The summed E-state index contributed by atoms with van der Waals surface area (Å²) in [5, 5.41) is 3.38. The van der Waals surface area contributed by atoms with E-state index in [0.29, 0.717) is 18.7 Å². The van der Waals surface area contributed by atoms with E-state index in [1.807, 2.05) is 31.2 Å². The normalized spacial score (nSPS) is 23.0. The van der Waals surface area contributed by atoms with Crippen molar-refractivity contribution in [3.8, 4) is 5.75 Å². The second-order valence-corrected chi connectivity index (χ2v) is 8.29. The first-order valence-corrected chi connectivity index (χ1v) is 9.42. The fourth-order valence-corrected chi connectivity index (χ4v) is 4.63. The van der Waals surface area contributed by atoms with E-state index in [2.05, 4.69) is 12.2 Å². The van der Waals surface area contributed by atoms with Gasteiger partial charge >= 0.3 is 0 Å². The molecule has 6 heteroatoms. The molecule has 1 fully saturated rings. The molecule has 1 saturated heterocycles. The summed E-state index contributed by atoms with van der Waals surface area (Å²) >= 11 is 0. The van der Waals surface area contributed by atoms with Crippen molar-refractivity contribution in [2.24, 2.45) is 0 Å². The zero-order valence-corrected chi connectivity index (χ0v) is 14.9. The van der Waals surface area contributed by atoms with Gasteiger partial charge in [-0.3, -0.25) is 0 Å². The molecule has 4 nitrogen and oxygen atoms in total. The van der Waals surface area contributed by atoms with Crippen molar-refractivity contribution in [1.29, 1.82) is 0 Å². The number of hydrogen-bond acceptors (Lipinski definition) is 4. The van der Waals surface area contributed by atoms with Gasteiger partial charge in [-0.2, -0.15) is 0 Å². The molecular weight excluding hydrogens is 322 g/mol. The van der Waals surface area contributed by atoms with E-state index >= 15 is 0 Å². The zero-order chi connectivity index (χ0) is 15.3. The first kappa shape index (κ1) is 19.3. The fourth-order valence-electron chi connectivity index (χ4n) is 2.50. The van der Waals surface area contributed by atoms with Gasteiger partial charge in [-0.15, -0.1) is 12.4 Å². The molecule has 1 atom stereocenters. The van der Waals surface area contributed by atoms with Gasteiger partial charge in [0.15, 0.2) is 9.84 Å². The van der Waals surface area contributed by atoms with Crippen LogP contribution in [0.5, 0.6) is 5.75 Å². The highest BCUT2D eigenvalue weighted by atomic mass is 35.5. The van der Waals surface area contributed by atoms with Crippen LogP contribution in [0, 0.1) is 0 Å². The summed E-state index contributed by atoms with van der Waals surface area (Å²) in [4.78, 5) is 0. The Bertz CT molecular complexity index is 559. The van der Waals surface area contributed by atoms with Crippen LogP contribution in [-0.4, -0.2) is 32.1 Å². The number of benzene rings is 1. The number of sulfone groups is 1. The molecule has 1 aromatic rings. The Labute approximate surface area is 140 Å². The maximum Gasteiger partial charge on any atom is 0.152 e. The summed E-state index contributed by atoms with van der Waals surface area (Å²) in [6.07, 6.45) is 2.88. The number of unbranched alkanes of at least 4 members (excludes halogenated alkanes) is 1. The van der Waals surface area contributed by atoms with E-state index in [4.69, 9.17) is 4.74 Å². The Hall–Kier alpha value is -0.780. The second kappa shape index (κ2) is 8.18. The highest BCUT2D eigenvalue weighted by Crippen LogP contribution is 2.23. The molecule has 1 N–H and O–H groups in total. The summed E-state index contributed by atoms with van der Waals surface area (Å²) in [6, 6.07) is 8.00. The van der Waals surface area contributed by atoms with Gasteiger partial charge in [0.25, 0.3) is 0 Å². The highest BCUT2D eigenvalue weighted by molar-refractivity contribution is 7.91. The molecule has 0 aromatic heterocycles. The number of halogens is 1. The minimum atomic E-state index is -2.86. The maximum atomic E-state index is 11.6. The van der Waals surface area contributed by atoms with Gasteiger partial charge in [-0.25, -0.2) is 8.42 Å². The molecule has 1 unspecified atom stereocenters. The molecule has 1 aromatic carbocycles. The fraction of sp³-hybridized carbons (Fsp3) is 0.625. The molecule has 1 aliphatic rings. The predicted octanol–water partition coefficient (Wildman–Crippen LogP) is 2.95. The predicted molar refractivity (Wildman–Crippen MR) is 92.6 cm³/mol. The maximum absolute atomic E-state index is 11.6. The van der Waals surface area contributed by atoms with Crippen LogP contribution in [0.4, 0.5) is 0 Å². The Morgan fingerprint density at radius 2 is 1.95 bits per heavy atom. The third-order valence-electron chi connectivity index (χ3n) is 3.91. The monoisotopic (exact) mass is 347 g/mol. The lowest BCUT2D eigenvalue weighted by atomic mass is 10.0. The standard InChI is InChI=1S/C16H25NO3S.ClH/c1-3-4-10-20-15-7-5-14(6-8-15)12-17-16(2)9-11-21(18,19)13-16;/h5-8,17H,3-4,9-13H2,1-2H3;1H. The van der Waals surface area contributed by atoms with Gasteiger partial charge in [0.2, 0.25) is 0 Å². The lowest BCUT2D eigenvalue weighted by Crippen LogP contribution is -2.42. The topological polar surface area (TPSA) is 55.4 Å². The molecular formula is C16H26ClNO3S. The Kier molecular flexibility index (Phi) is 7.16. The van der Waals surface area contributed by atoms with E-state index in [-0.39, 0.29) is 23.7 Å². The molecule has 2 rings (SSSR count). The van der Waals surface area contributed by atoms with Gasteiger partial charge in [-0.1, -0.05) is 25.5 Å². The molecule has 0 radical (unpaired) electrons. The van der Waals surface area contributed by atoms with E-state index in [0.717, 1.165) is 30.8 Å². The average molecular weight is 348 g/mol. The molecule has 0 amide bonds. The van der Waals surface area contributed by atoms with Crippen LogP contribution in [0.25, 0.3) is 0 Å². The summed E-state index contributed by atoms with van der Waals surface area (Å²) < 4.78 is 28.8. The average Bonchev–Trinajstić information content (AvgIpc) is 2.73. The molecule has 126 valence electrons. The van der Waals surface area contributed by atoms with Crippen LogP contribution >= 0.6 is 12.4 Å². The summed E-state index contributed by atoms with van der Waals surface area (Å²) in [5.41, 5.74) is 0.846. The van der Waals surface area contributed by atoms with Gasteiger partial charge in [0.1, 0.15) is 5.75 Å². The molecule has 22 heavy (non-hydrogen) atoms. The highest BCUT2D eigenvalue weighted by Gasteiger charge is 2.37. The Morgan fingerprint density at radius 1 is 1.27 bits per heavy atom. The van der Waals surface area contributed by atoms with Crippen molar-refractivity contribution in [3.63, 3.8) is 0 Å². The van der Waals surface area contributed by atoms with Crippen molar-refractivity contribution in [2.45, 2.75) is 45.2 Å². The van der Waals surface area contributed by atoms with Gasteiger partial charge in [-0.05, 0) is 37.5 Å². The molecule has 0 spiro atoms. The number of rotatable bonds is 7. The van der Waals surface area contributed by atoms with E-state index in [9.17, 15) is 8.42 Å². The van der Waals surface area contributed by atoms with Gasteiger partial charge < -0.3 is 10.1 Å². The van der Waals surface area contributed by atoms with Crippen molar-refractivity contribution in [3.05, 3.63) is 29.8 Å². The van der Waals surface area contributed by atoms with E-state index in [1.54, 1.807) is 0 Å². The lowest BCUT2D eigenvalue weighted by molar-refractivity contribution is 0.309. The van der Waals surface area contributed by atoms with E-state index < -0.39 is 9.84 Å². The van der Waals surface area contributed by atoms with Gasteiger partial charge in [0, 0.05) is 12.1 Å². The minimum Gasteiger partial charge on any atom is -0.494 e. The summed E-state index contributed by atoms with van der Waals surface area (Å²) in [7, 11) is -2.86. The quantitative estimate of drug-likeness (QED) is 0.770. The summed E-state index contributed by atoms with van der Waals surface area (Å²) in [6.45, 7) is 5.56. The van der Waals surface area contributed by atoms with Crippen LogP contribution in [0.3, 0.4) is 0 Å². The van der Waals surface area contributed by atoms with Crippen LogP contribution < -0.4 is 10.1 Å². The molecule has 1 heterocycles. The van der Waals surface area contributed by atoms with Gasteiger partial charge in [0.05, 0.1) is 18.1 Å². The lowest BCUT2D eigenvalue weighted by Gasteiger charge is -2.24. The van der Waals surface area contributed by atoms with Crippen LogP contribution in [0.15, 0.2) is 24.3 Å². The van der Waals surface area contributed by atoms with Crippen molar-refractivity contribution >= 4 is 22.2 Å². The molecule has 1 aliphatic heterocycles. The van der Waals surface area contributed by atoms with Crippen molar-refractivity contribution in [2.75, 3.05) is 18.1 Å². The minimum absolute atomic E-state index is 0. The number of hydrogen-bond donors (Lipinski definition) is 1. The Morgan fingerprint density at radius 3 is 2.50 bits per heavy atom. The molecule has 0 aliphatic carbocycles. The second-order valence-electron chi connectivity index (χ2n) is 6.10. The zero-order valence-electron chi connectivity index (χ0n) is 13.3. The first-order valence-electron chi connectivity index (χ1n) is 7.60. The molecule has 0 saturated carbocycles. The third kappa shape index (κ3) is 5.78. The smallest absolute Gasteiger partial charge is 0.152 e. The summed E-state index contributed by atoms with van der Waals surface area (Å²) in [5.74, 6) is 1.42. The van der Waals surface area contributed by atoms with Crippen LogP contribution in [0.1, 0.15) is 38.7 Å². The largest absolute Gasteiger partial charge is 0.494 e. The number of nitrogens with one attached hydrogen (secondary N) is 1. The van der Waals surface area contributed by atoms with E-state index in [1.165, 1.54) is 0 Å². The third-order valence-corrected chi connectivity index (χ3v) is 5.82. The molecule has 0 bridgehead atoms. The van der Waals surface area contributed by atoms with Crippen LogP contribution in [0.2, 0.25) is 0 Å². The van der Waals surface area contributed by atoms with Crippen LogP contribution in [-0.2, 0) is 16.4 Å². The van der Waals surface area contributed by atoms with Crippen molar-refractivity contribution < 1.29 is 13.2 Å². The van der Waals surface area contributed by atoms with Crippen molar-refractivity contribution in [1.82, 2.24) is 5.32 Å². The Balaban J connectivity index is 0.00000242. The number of ether oxygens (including phenoxy) is 1.